The highest BCUT2D eigenvalue weighted by Gasteiger charge is 2.12. The second-order valence-electron chi connectivity index (χ2n) is 3.64. The molecular formula is C12H8FN3OS. The fraction of sp³-hybridized carbons (Fsp3) is 0. The predicted octanol–water partition coefficient (Wildman–Crippen LogP) is 3.19. The van der Waals surface area contributed by atoms with Crippen LogP contribution in [0.2, 0.25) is 0 Å². The number of benzene rings is 1. The van der Waals surface area contributed by atoms with E-state index >= 15 is 0 Å². The molecule has 18 heavy (non-hydrogen) atoms. The van der Waals surface area contributed by atoms with Crippen molar-refractivity contribution in [2.75, 3.05) is 5.73 Å². The fourth-order valence-electron chi connectivity index (χ4n) is 1.52. The van der Waals surface area contributed by atoms with Crippen molar-refractivity contribution < 1.29 is 8.91 Å². The highest BCUT2D eigenvalue weighted by molar-refractivity contribution is 7.13. The largest absolute Gasteiger partial charge is 0.396 e. The van der Waals surface area contributed by atoms with E-state index in [9.17, 15) is 4.39 Å². The molecule has 0 aliphatic heterocycles. The number of hydrogen-bond donors (Lipinski definition) is 1. The summed E-state index contributed by atoms with van der Waals surface area (Å²) in [5.41, 5.74) is 6.16. The first-order valence-electron chi connectivity index (χ1n) is 5.17. The lowest BCUT2D eigenvalue weighted by Crippen LogP contribution is -1.90. The Morgan fingerprint density at radius 1 is 1.28 bits per heavy atom. The second-order valence-corrected chi connectivity index (χ2v) is 4.58. The van der Waals surface area contributed by atoms with Crippen LogP contribution >= 0.6 is 11.3 Å². The number of nitrogen functional groups attached to an aromatic ring is 1. The minimum atomic E-state index is -0.461. The van der Waals surface area contributed by atoms with Crippen LogP contribution in [-0.4, -0.2) is 10.1 Å². The van der Waals surface area contributed by atoms with Crippen molar-refractivity contribution in [3.8, 4) is 22.2 Å². The molecule has 2 aromatic heterocycles. The summed E-state index contributed by atoms with van der Waals surface area (Å²) in [5, 5.41) is 5.81. The zero-order valence-electron chi connectivity index (χ0n) is 9.13. The molecular weight excluding hydrogens is 253 g/mol. The molecule has 0 fully saturated rings. The van der Waals surface area contributed by atoms with E-state index in [4.69, 9.17) is 10.3 Å². The molecule has 3 aromatic rings. The standard InChI is InChI=1S/C12H8FN3OS/c13-8-4-3-7(6-9(8)14)12-15-11(16-17-12)10-2-1-5-18-10/h1-6H,14H2. The van der Waals surface area contributed by atoms with Gasteiger partial charge < -0.3 is 10.3 Å². The van der Waals surface area contributed by atoms with Gasteiger partial charge >= 0.3 is 0 Å². The van der Waals surface area contributed by atoms with Crippen molar-refractivity contribution in [3.63, 3.8) is 0 Å². The van der Waals surface area contributed by atoms with Crippen LogP contribution in [0.3, 0.4) is 0 Å². The van der Waals surface area contributed by atoms with Gasteiger partial charge in [0, 0.05) is 5.56 Å². The maximum atomic E-state index is 13.1. The molecule has 90 valence electrons. The van der Waals surface area contributed by atoms with Gasteiger partial charge in [-0.15, -0.1) is 11.3 Å². The zero-order valence-corrected chi connectivity index (χ0v) is 9.95. The number of hydrogen-bond acceptors (Lipinski definition) is 5. The molecule has 6 heteroatoms. The lowest BCUT2D eigenvalue weighted by Gasteiger charge is -1.97. The summed E-state index contributed by atoms with van der Waals surface area (Å²) < 4.78 is 18.2. The van der Waals surface area contributed by atoms with Crippen LogP contribution in [0.5, 0.6) is 0 Å². The summed E-state index contributed by atoms with van der Waals surface area (Å²) in [6.07, 6.45) is 0. The van der Waals surface area contributed by atoms with Gasteiger partial charge in [-0.3, -0.25) is 0 Å². The van der Waals surface area contributed by atoms with E-state index in [-0.39, 0.29) is 5.69 Å². The van der Waals surface area contributed by atoms with E-state index in [1.165, 1.54) is 23.5 Å². The van der Waals surface area contributed by atoms with Crippen molar-refractivity contribution in [2.24, 2.45) is 0 Å². The van der Waals surface area contributed by atoms with Gasteiger partial charge in [0.25, 0.3) is 5.89 Å². The summed E-state index contributed by atoms with van der Waals surface area (Å²) in [6, 6.07) is 8.11. The molecule has 4 nitrogen and oxygen atoms in total. The van der Waals surface area contributed by atoms with Crippen LogP contribution in [0.1, 0.15) is 0 Å². The van der Waals surface area contributed by atoms with Gasteiger partial charge in [-0.1, -0.05) is 11.2 Å². The normalized spacial score (nSPS) is 10.7. The van der Waals surface area contributed by atoms with E-state index in [1.807, 2.05) is 17.5 Å². The molecule has 2 heterocycles. The molecule has 0 spiro atoms. The molecule has 0 amide bonds. The summed E-state index contributed by atoms with van der Waals surface area (Å²) >= 11 is 1.52. The number of thiophene rings is 1. The Balaban J connectivity index is 2.00. The smallest absolute Gasteiger partial charge is 0.258 e. The third kappa shape index (κ3) is 1.86. The van der Waals surface area contributed by atoms with Crippen molar-refractivity contribution in [2.45, 2.75) is 0 Å². The fourth-order valence-corrected chi connectivity index (χ4v) is 2.17. The van der Waals surface area contributed by atoms with Gasteiger partial charge in [-0.2, -0.15) is 4.98 Å². The van der Waals surface area contributed by atoms with Gasteiger partial charge in [-0.25, -0.2) is 4.39 Å². The summed E-state index contributed by atoms with van der Waals surface area (Å²) in [7, 11) is 0. The van der Waals surface area contributed by atoms with Crippen molar-refractivity contribution in [3.05, 3.63) is 41.5 Å². The Kier molecular flexibility index (Phi) is 2.56. The Hall–Kier alpha value is -2.21. The van der Waals surface area contributed by atoms with E-state index in [0.29, 0.717) is 17.3 Å². The highest BCUT2D eigenvalue weighted by atomic mass is 32.1. The van der Waals surface area contributed by atoms with E-state index in [0.717, 1.165) is 4.88 Å². The Bertz CT molecular complexity index is 678. The minimum Gasteiger partial charge on any atom is -0.396 e. The number of rotatable bonds is 2. The summed E-state index contributed by atoms with van der Waals surface area (Å²) in [4.78, 5) is 5.17. The second kappa shape index (κ2) is 4.23. The van der Waals surface area contributed by atoms with Crippen LogP contribution < -0.4 is 5.73 Å². The molecule has 0 radical (unpaired) electrons. The maximum absolute atomic E-state index is 13.1. The first-order chi connectivity index (χ1) is 8.74. The Labute approximate surface area is 106 Å². The SMILES string of the molecule is Nc1cc(-c2nc(-c3cccs3)no2)ccc1F. The molecule has 0 saturated carbocycles. The van der Waals surface area contributed by atoms with Crippen molar-refractivity contribution in [1.29, 1.82) is 0 Å². The lowest BCUT2D eigenvalue weighted by atomic mass is 10.2. The third-order valence-corrected chi connectivity index (χ3v) is 3.28. The third-order valence-electron chi connectivity index (χ3n) is 2.41. The molecule has 0 bridgehead atoms. The highest BCUT2D eigenvalue weighted by Crippen LogP contribution is 2.26. The monoisotopic (exact) mass is 261 g/mol. The average Bonchev–Trinajstić information content (AvgIpc) is 3.01. The number of aromatic nitrogens is 2. The van der Waals surface area contributed by atoms with Gasteiger partial charge in [0.2, 0.25) is 5.82 Å². The molecule has 0 saturated heterocycles. The number of nitrogens with two attached hydrogens (primary N) is 1. The summed E-state index contributed by atoms with van der Waals surface area (Å²) in [5.74, 6) is 0.379. The van der Waals surface area contributed by atoms with E-state index in [2.05, 4.69) is 10.1 Å². The molecule has 0 atom stereocenters. The van der Waals surface area contributed by atoms with E-state index in [1.54, 1.807) is 6.07 Å². The molecule has 2 N–H and O–H groups in total. The quantitative estimate of drug-likeness (QED) is 0.719. The zero-order chi connectivity index (χ0) is 12.5. The molecule has 0 unspecified atom stereocenters. The first-order valence-corrected chi connectivity index (χ1v) is 6.05. The lowest BCUT2D eigenvalue weighted by molar-refractivity contribution is 0.432. The number of halogens is 1. The molecule has 0 aliphatic rings. The van der Waals surface area contributed by atoms with Crippen LogP contribution in [0.25, 0.3) is 22.2 Å². The van der Waals surface area contributed by atoms with Crippen molar-refractivity contribution >= 4 is 17.0 Å². The Morgan fingerprint density at radius 3 is 2.89 bits per heavy atom. The number of anilines is 1. The van der Waals surface area contributed by atoms with Gasteiger partial charge in [-0.05, 0) is 29.6 Å². The van der Waals surface area contributed by atoms with E-state index < -0.39 is 5.82 Å². The number of nitrogens with zero attached hydrogens (tertiary/aromatic N) is 2. The topological polar surface area (TPSA) is 64.9 Å². The first kappa shape index (κ1) is 10.9. The maximum Gasteiger partial charge on any atom is 0.258 e. The van der Waals surface area contributed by atoms with Crippen LogP contribution in [0, 0.1) is 5.82 Å². The van der Waals surface area contributed by atoms with Crippen LogP contribution in [0.15, 0.2) is 40.2 Å². The molecule has 1 aromatic carbocycles. The van der Waals surface area contributed by atoms with Gasteiger partial charge in [0.1, 0.15) is 5.82 Å². The average molecular weight is 261 g/mol. The molecule has 3 rings (SSSR count). The van der Waals surface area contributed by atoms with Gasteiger partial charge in [0.05, 0.1) is 10.6 Å². The minimum absolute atomic E-state index is 0.0587. The van der Waals surface area contributed by atoms with Gasteiger partial charge in [0.15, 0.2) is 0 Å². The Morgan fingerprint density at radius 2 is 2.17 bits per heavy atom. The molecule has 0 aliphatic carbocycles. The predicted molar refractivity (Wildman–Crippen MR) is 67.4 cm³/mol. The van der Waals surface area contributed by atoms with Crippen molar-refractivity contribution in [1.82, 2.24) is 10.1 Å². The van der Waals surface area contributed by atoms with Crippen LogP contribution in [-0.2, 0) is 0 Å². The summed E-state index contributed by atoms with van der Waals surface area (Å²) in [6.45, 7) is 0. The van der Waals surface area contributed by atoms with Crippen LogP contribution in [0.4, 0.5) is 10.1 Å².